The largest absolute Gasteiger partial charge is 0.484 e. The van der Waals surface area contributed by atoms with Crippen LogP contribution in [0.25, 0.3) is 5.57 Å². The highest BCUT2D eigenvalue weighted by Crippen LogP contribution is 2.36. The number of carbonyl (C=O) groups is 1. The zero-order valence-corrected chi connectivity index (χ0v) is 12.5. The van der Waals surface area contributed by atoms with Gasteiger partial charge in [0.15, 0.2) is 5.75 Å². The second-order valence-electron chi connectivity index (χ2n) is 5.53. The maximum absolute atomic E-state index is 11.3. The zero-order valence-electron chi connectivity index (χ0n) is 12.5. The molecule has 21 heavy (non-hydrogen) atoms. The molecule has 5 heteroatoms. The van der Waals surface area contributed by atoms with Gasteiger partial charge in [-0.1, -0.05) is 6.08 Å². The van der Waals surface area contributed by atoms with Crippen LogP contribution in [0.15, 0.2) is 18.2 Å². The predicted molar refractivity (Wildman–Crippen MR) is 80.4 cm³/mol. The van der Waals surface area contributed by atoms with Crippen LogP contribution in [-0.2, 0) is 4.79 Å². The molecule has 0 spiro atoms. The van der Waals surface area contributed by atoms with E-state index in [0.29, 0.717) is 19.3 Å². The van der Waals surface area contributed by atoms with Crippen LogP contribution in [0, 0.1) is 17.0 Å². The maximum Gasteiger partial charge on any atom is 0.311 e. The van der Waals surface area contributed by atoms with Crippen molar-refractivity contribution in [3.8, 4) is 5.75 Å². The highest BCUT2D eigenvalue weighted by atomic mass is 16.6. The topological polar surface area (TPSA) is 69.4 Å². The van der Waals surface area contributed by atoms with Crippen LogP contribution >= 0.6 is 0 Å². The zero-order chi connectivity index (χ0) is 15.6. The summed E-state index contributed by atoms with van der Waals surface area (Å²) < 4.78 is 5.58. The summed E-state index contributed by atoms with van der Waals surface area (Å²) in [7, 11) is 0. The van der Waals surface area contributed by atoms with Crippen molar-refractivity contribution in [1.82, 2.24) is 0 Å². The molecule has 0 heterocycles. The molecule has 0 aromatic heterocycles. The second kappa shape index (κ2) is 6.08. The molecular weight excluding hydrogens is 270 g/mol. The van der Waals surface area contributed by atoms with Gasteiger partial charge in [-0.15, -0.1) is 0 Å². The van der Waals surface area contributed by atoms with E-state index in [1.54, 1.807) is 12.1 Å². The fraction of sp³-hybridized carbons (Fsp3) is 0.438. The third kappa shape index (κ3) is 3.48. The Hall–Kier alpha value is -2.17. The van der Waals surface area contributed by atoms with Crippen molar-refractivity contribution in [2.24, 2.45) is 0 Å². The number of hydrogen-bond donors (Lipinski definition) is 0. The Labute approximate surface area is 123 Å². The van der Waals surface area contributed by atoms with Crippen LogP contribution in [0.3, 0.4) is 0 Å². The van der Waals surface area contributed by atoms with Crippen LogP contribution in [-0.4, -0.2) is 16.8 Å². The molecule has 0 saturated heterocycles. The van der Waals surface area contributed by atoms with Crippen LogP contribution in [0.1, 0.15) is 44.2 Å². The van der Waals surface area contributed by atoms with Gasteiger partial charge in [-0.25, -0.2) is 0 Å². The van der Waals surface area contributed by atoms with Gasteiger partial charge in [-0.2, -0.15) is 0 Å². The van der Waals surface area contributed by atoms with Crippen molar-refractivity contribution in [3.05, 3.63) is 39.4 Å². The quantitative estimate of drug-likeness (QED) is 0.624. The number of benzene rings is 1. The smallest absolute Gasteiger partial charge is 0.311 e. The molecule has 0 fully saturated rings. The standard InChI is InChI=1S/C16H19NO4/c1-10(2)21-16-9-14(11(3)8-15(16)17(19)20)12-4-6-13(18)7-5-12/h4,8-10H,5-7H2,1-3H3. The van der Waals surface area contributed by atoms with Crippen molar-refractivity contribution in [1.29, 1.82) is 0 Å². The molecule has 1 aromatic carbocycles. The number of carbonyl (C=O) groups excluding carboxylic acids is 1. The molecule has 112 valence electrons. The van der Waals surface area contributed by atoms with Gasteiger partial charge in [0.1, 0.15) is 5.78 Å². The molecule has 0 saturated carbocycles. The van der Waals surface area contributed by atoms with Crippen molar-refractivity contribution in [3.63, 3.8) is 0 Å². The Kier molecular flexibility index (Phi) is 4.40. The van der Waals surface area contributed by atoms with Gasteiger partial charge < -0.3 is 4.74 Å². The Morgan fingerprint density at radius 1 is 1.29 bits per heavy atom. The number of nitro benzene ring substituents is 1. The van der Waals surface area contributed by atoms with E-state index in [1.165, 1.54) is 0 Å². The summed E-state index contributed by atoms with van der Waals surface area (Å²) >= 11 is 0. The predicted octanol–water partition coefficient (Wildman–Crippen LogP) is 3.83. The number of allylic oxidation sites excluding steroid dienone is 2. The molecule has 0 aliphatic heterocycles. The summed E-state index contributed by atoms with van der Waals surface area (Å²) in [5.74, 6) is 0.519. The summed E-state index contributed by atoms with van der Waals surface area (Å²) in [6.45, 7) is 5.52. The SMILES string of the molecule is Cc1cc([N+](=O)[O-])c(OC(C)C)cc1C1=CCC(=O)CC1. The lowest BCUT2D eigenvalue weighted by atomic mass is 9.90. The minimum Gasteiger partial charge on any atom is -0.484 e. The molecule has 0 unspecified atom stereocenters. The highest BCUT2D eigenvalue weighted by Gasteiger charge is 2.21. The first-order chi connectivity index (χ1) is 9.88. The van der Waals surface area contributed by atoms with Gasteiger partial charge >= 0.3 is 5.69 Å². The molecule has 0 radical (unpaired) electrons. The van der Waals surface area contributed by atoms with Gasteiger partial charge in [-0.05, 0) is 50.0 Å². The fourth-order valence-electron chi connectivity index (χ4n) is 2.47. The number of Topliss-reactive ketones (excluding diaryl/α,β-unsaturated/α-hetero) is 1. The molecule has 0 atom stereocenters. The molecule has 5 nitrogen and oxygen atoms in total. The first-order valence-electron chi connectivity index (χ1n) is 7.05. The number of ketones is 1. The Balaban J connectivity index is 2.47. The van der Waals surface area contributed by atoms with Gasteiger partial charge in [0.05, 0.1) is 11.0 Å². The Bertz CT molecular complexity index is 617. The molecule has 0 N–H and O–H groups in total. The molecular formula is C16H19NO4. The van der Waals surface area contributed by atoms with Crippen molar-refractivity contribution < 1.29 is 14.5 Å². The minimum atomic E-state index is -0.423. The second-order valence-corrected chi connectivity index (χ2v) is 5.53. The van der Waals surface area contributed by atoms with E-state index < -0.39 is 4.92 Å². The number of ether oxygens (including phenoxy) is 1. The lowest BCUT2D eigenvalue weighted by Gasteiger charge is -2.17. The summed E-state index contributed by atoms with van der Waals surface area (Å²) in [5, 5.41) is 11.2. The molecule has 0 bridgehead atoms. The van der Waals surface area contributed by atoms with E-state index in [9.17, 15) is 14.9 Å². The molecule has 2 rings (SSSR count). The van der Waals surface area contributed by atoms with E-state index in [0.717, 1.165) is 16.7 Å². The van der Waals surface area contributed by atoms with E-state index in [-0.39, 0.29) is 23.3 Å². The summed E-state index contributed by atoms with van der Waals surface area (Å²) in [5.41, 5.74) is 2.81. The van der Waals surface area contributed by atoms with Gasteiger partial charge in [0, 0.05) is 18.9 Å². The van der Waals surface area contributed by atoms with Crippen molar-refractivity contribution >= 4 is 17.0 Å². The number of aryl methyl sites for hydroxylation is 1. The van der Waals surface area contributed by atoms with Crippen LogP contribution in [0.5, 0.6) is 5.75 Å². The lowest BCUT2D eigenvalue weighted by molar-refractivity contribution is -0.386. The average molecular weight is 289 g/mol. The fourth-order valence-corrected chi connectivity index (χ4v) is 2.47. The van der Waals surface area contributed by atoms with E-state index in [2.05, 4.69) is 0 Å². The van der Waals surface area contributed by atoms with E-state index >= 15 is 0 Å². The number of rotatable bonds is 4. The molecule has 0 amide bonds. The third-order valence-electron chi connectivity index (χ3n) is 3.46. The van der Waals surface area contributed by atoms with Crippen LogP contribution < -0.4 is 4.74 Å². The van der Waals surface area contributed by atoms with Crippen molar-refractivity contribution in [2.75, 3.05) is 0 Å². The average Bonchev–Trinajstić information content (AvgIpc) is 2.40. The number of nitrogens with zero attached hydrogens (tertiary/aromatic N) is 1. The van der Waals surface area contributed by atoms with Crippen LogP contribution in [0.4, 0.5) is 5.69 Å². The molecule has 1 aliphatic rings. The van der Waals surface area contributed by atoms with Gasteiger partial charge in [0.2, 0.25) is 0 Å². The van der Waals surface area contributed by atoms with Crippen LogP contribution in [0.2, 0.25) is 0 Å². The molecule has 1 aromatic rings. The normalized spacial score (nSPS) is 15.0. The highest BCUT2D eigenvalue weighted by molar-refractivity contribution is 5.87. The van der Waals surface area contributed by atoms with Crippen molar-refractivity contribution in [2.45, 2.75) is 46.1 Å². The summed E-state index contributed by atoms with van der Waals surface area (Å²) in [6.07, 6.45) is 3.42. The monoisotopic (exact) mass is 289 g/mol. The maximum atomic E-state index is 11.3. The minimum absolute atomic E-state index is 0.0163. The first kappa shape index (κ1) is 15.2. The number of nitro groups is 1. The Morgan fingerprint density at radius 3 is 2.52 bits per heavy atom. The van der Waals surface area contributed by atoms with Gasteiger partial charge in [0.25, 0.3) is 0 Å². The Morgan fingerprint density at radius 2 is 2.00 bits per heavy atom. The first-order valence-corrected chi connectivity index (χ1v) is 7.05. The van der Waals surface area contributed by atoms with E-state index in [1.807, 2.05) is 26.8 Å². The third-order valence-corrected chi connectivity index (χ3v) is 3.46. The van der Waals surface area contributed by atoms with Gasteiger partial charge in [-0.3, -0.25) is 14.9 Å². The summed E-state index contributed by atoms with van der Waals surface area (Å²) in [6, 6.07) is 3.28. The molecule has 1 aliphatic carbocycles. The summed E-state index contributed by atoms with van der Waals surface area (Å²) in [4.78, 5) is 22.1. The van der Waals surface area contributed by atoms with E-state index in [4.69, 9.17) is 4.74 Å². The lowest BCUT2D eigenvalue weighted by Crippen LogP contribution is -2.09. The number of hydrogen-bond acceptors (Lipinski definition) is 4.